The summed E-state index contributed by atoms with van der Waals surface area (Å²) in [7, 11) is 0. The summed E-state index contributed by atoms with van der Waals surface area (Å²) in [5, 5.41) is 0.519. The lowest BCUT2D eigenvalue weighted by Gasteiger charge is -2.39. The van der Waals surface area contributed by atoms with Crippen LogP contribution in [0.3, 0.4) is 0 Å². The Hall–Kier alpha value is -2.78. The highest BCUT2D eigenvalue weighted by atomic mass is 35.5. The smallest absolute Gasteiger partial charge is 0.303 e. The molecule has 0 spiro atoms. The average molecular weight is 480 g/mol. The molecule has 0 unspecified atom stereocenters. The number of hydrogen-bond acceptors (Lipinski definition) is 9. The van der Waals surface area contributed by atoms with E-state index in [4.69, 9.17) is 30.5 Å². The number of rotatable bonds is 6. The van der Waals surface area contributed by atoms with E-state index in [2.05, 4.69) is 4.98 Å². The van der Waals surface area contributed by atoms with Crippen LogP contribution in [0.25, 0.3) is 11.1 Å². The predicted molar refractivity (Wildman–Crippen MR) is 118 cm³/mol. The lowest BCUT2D eigenvalue weighted by atomic mass is 10.1. The van der Waals surface area contributed by atoms with Crippen LogP contribution in [0, 0.1) is 0 Å². The predicted octanol–water partition coefficient (Wildman–Crippen LogP) is 3.65. The maximum atomic E-state index is 11.8. The summed E-state index contributed by atoms with van der Waals surface area (Å²) >= 11 is 7.64. The summed E-state index contributed by atoms with van der Waals surface area (Å²) in [6.45, 7) is 3.73. The molecule has 0 bridgehead atoms. The van der Waals surface area contributed by atoms with E-state index < -0.39 is 41.7 Å². The van der Waals surface area contributed by atoms with E-state index >= 15 is 0 Å². The van der Waals surface area contributed by atoms with Crippen molar-refractivity contribution in [3.8, 4) is 16.9 Å². The van der Waals surface area contributed by atoms with Crippen LogP contribution in [-0.4, -0.2) is 52.4 Å². The second-order valence-electron chi connectivity index (χ2n) is 7.00. The number of halogens is 1. The van der Waals surface area contributed by atoms with Gasteiger partial charge in [-0.3, -0.25) is 19.4 Å². The minimum absolute atomic E-state index is 0.281. The second-order valence-corrected chi connectivity index (χ2v) is 8.54. The molecule has 1 aliphatic heterocycles. The third-order valence-corrected chi connectivity index (χ3v) is 6.01. The fraction of sp³-hybridized carbons (Fsp3) is 0.364. The van der Waals surface area contributed by atoms with Crippen molar-refractivity contribution in [3.05, 3.63) is 47.7 Å². The highest BCUT2D eigenvalue weighted by Gasteiger charge is 2.47. The molecule has 0 saturated carbocycles. The third kappa shape index (κ3) is 6.14. The van der Waals surface area contributed by atoms with Crippen molar-refractivity contribution in [1.29, 1.82) is 0 Å². The fourth-order valence-corrected chi connectivity index (χ4v) is 4.71. The van der Waals surface area contributed by atoms with Crippen molar-refractivity contribution in [2.45, 2.75) is 44.5 Å². The van der Waals surface area contributed by atoms with E-state index in [9.17, 15) is 14.4 Å². The molecule has 3 rings (SSSR count). The molecular formula is C22H22ClNO7S. The van der Waals surface area contributed by atoms with Gasteiger partial charge >= 0.3 is 17.9 Å². The van der Waals surface area contributed by atoms with Crippen LogP contribution < -0.4 is 4.74 Å². The lowest BCUT2D eigenvalue weighted by Crippen LogP contribution is -2.55. The number of esters is 3. The molecular weight excluding hydrogens is 458 g/mol. The van der Waals surface area contributed by atoms with Gasteiger partial charge in [0.25, 0.3) is 0 Å². The summed E-state index contributed by atoms with van der Waals surface area (Å²) in [4.78, 5) is 39.1. The number of nitrogens with zero attached hydrogens (tertiary/aromatic N) is 1. The Bertz CT molecular complexity index is 987. The number of pyridine rings is 1. The molecule has 1 aromatic heterocycles. The molecule has 0 N–H and O–H groups in total. The lowest BCUT2D eigenvalue weighted by molar-refractivity contribution is -0.186. The van der Waals surface area contributed by atoms with Gasteiger partial charge in [0.2, 0.25) is 0 Å². The van der Waals surface area contributed by atoms with Crippen LogP contribution in [0.15, 0.2) is 42.7 Å². The average Bonchev–Trinajstić information content (AvgIpc) is 2.73. The van der Waals surface area contributed by atoms with E-state index in [1.165, 1.54) is 32.5 Å². The van der Waals surface area contributed by atoms with Crippen LogP contribution in [-0.2, 0) is 28.6 Å². The Balaban J connectivity index is 1.89. The van der Waals surface area contributed by atoms with E-state index in [0.29, 0.717) is 10.8 Å². The molecule has 1 aliphatic rings. The molecule has 0 radical (unpaired) electrons. The van der Waals surface area contributed by atoms with Gasteiger partial charge in [-0.1, -0.05) is 17.7 Å². The first-order valence-electron chi connectivity index (χ1n) is 9.74. The zero-order valence-corrected chi connectivity index (χ0v) is 19.2. The highest BCUT2D eigenvalue weighted by molar-refractivity contribution is 7.99. The Morgan fingerprint density at radius 2 is 1.69 bits per heavy atom. The minimum Gasteiger partial charge on any atom is -0.476 e. The molecule has 1 aromatic carbocycles. The first-order chi connectivity index (χ1) is 15.2. The van der Waals surface area contributed by atoms with Crippen molar-refractivity contribution >= 4 is 41.3 Å². The molecule has 1 saturated heterocycles. The number of thioether (sulfide) groups is 1. The Labute approximate surface area is 194 Å². The molecule has 1 fully saturated rings. The summed E-state index contributed by atoms with van der Waals surface area (Å²) in [6.07, 6.45) is 0.535. The van der Waals surface area contributed by atoms with E-state index in [0.717, 1.165) is 11.1 Å². The topological polar surface area (TPSA) is 101 Å². The molecule has 32 heavy (non-hydrogen) atoms. The second kappa shape index (κ2) is 10.7. The number of hydrogen-bond donors (Lipinski definition) is 0. The molecule has 10 heteroatoms. The molecule has 8 nitrogen and oxygen atoms in total. The number of carbonyl (C=O) groups is 3. The molecule has 2 heterocycles. The van der Waals surface area contributed by atoms with Gasteiger partial charge in [-0.15, -0.1) is 11.8 Å². The maximum Gasteiger partial charge on any atom is 0.303 e. The quantitative estimate of drug-likeness (QED) is 0.453. The zero-order valence-electron chi connectivity index (χ0n) is 17.6. The molecule has 0 amide bonds. The van der Waals surface area contributed by atoms with Crippen molar-refractivity contribution in [2.24, 2.45) is 0 Å². The maximum absolute atomic E-state index is 11.8. The minimum atomic E-state index is -1.02. The standard InChI is InChI=1S/C22H22ClNO7S/c1-12(25)28-19-11-32-22(21(30-14(3)27)20(19)29-13(2)26)31-16-6-7-18(23)17(9-16)15-5-4-8-24-10-15/h4-10,19-22H,11H2,1-3H3/t19-,20+,21-,22+/m1/s1. The SMILES string of the molecule is CC(=O)O[C@@H]1[C@@H](OC(C)=O)[C@@H](Oc2ccc(Cl)c(-c3cccnc3)c2)SC[C@H]1OC(C)=O. The number of benzene rings is 1. The summed E-state index contributed by atoms with van der Waals surface area (Å²) in [5.41, 5.74) is 0.804. The van der Waals surface area contributed by atoms with Gasteiger partial charge in [0, 0.05) is 55.1 Å². The summed E-state index contributed by atoms with van der Waals surface area (Å²) < 4.78 is 22.3. The first-order valence-corrected chi connectivity index (χ1v) is 11.2. The monoisotopic (exact) mass is 479 g/mol. The van der Waals surface area contributed by atoms with Crippen molar-refractivity contribution in [3.63, 3.8) is 0 Å². The van der Waals surface area contributed by atoms with Gasteiger partial charge in [-0.25, -0.2) is 0 Å². The first kappa shape index (κ1) is 23.9. The Kier molecular flexibility index (Phi) is 7.98. The van der Waals surface area contributed by atoms with Gasteiger partial charge in [0.1, 0.15) is 5.75 Å². The number of aromatic nitrogens is 1. The van der Waals surface area contributed by atoms with E-state index in [1.807, 2.05) is 6.07 Å². The molecule has 0 aliphatic carbocycles. The van der Waals surface area contributed by atoms with Crippen LogP contribution in [0.1, 0.15) is 20.8 Å². The molecule has 4 atom stereocenters. The van der Waals surface area contributed by atoms with E-state index in [-0.39, 0.29) is 5.75 Å². The molecule has 2 aromatic rings. The van der Waals surface area contributed by atoms with Gasteiger partial charge in [0.05, 0.1) is 0 Å². The fourth-order valence-electron chi connectivity index (χ4n) is 3.27. The number of carbonyl (C=O) groups excluding carboxylic acids is 3. The van der Waals surface area contributed by atoms with E-state index in [1.54, 1.807) is 36.7 Å². The van der Waals surface area contributed by atoms with Gasteiger partial charge < -0.3 is 18.9 Å². The zero-order chi connectivity index (χ0) is 23.3. The van der Waals surface area contributed by atoms with Crippen LogP contribution in [0.2, 0.25) is 5.02 Å². The largest absolute Gasteiger partial charge is 0.476 e. The van der Waals surface area contributed by atoms with Crippen LogP contribution >= 0.6 is 23.4 Å². The van der Waals surface area contributed by atoms with Crippen molar-refractivity contribution in [1.82, 2.24) is 4.98 Å². The normalized spacial score (nSPS) is 22.5. The van der Waals surface area contributed by atoms with Gasteiger partial charge in [0.15, 0.2) is 23.7 Å². The third-order valence-electron chi connectivity index (χ3n) is 4.47. The van der Waals surface area contributed by atoms with Gasteiger partial charge in [-0.2, -0.15) is 0 Å². The summed E-state index contributed by atoms with van der Waals surface area (Å²) in [6, 6.07) is 8.80. The molecule has 170 valence electrons. The van der Waals surface area contributed by atoms with Crippen molar-refractivity contribution in [2.75, 3.05) is 5.75 Å². The van der Waals surface area contributed by atoms with Gasteiger partial charge in [-0.05, 0) is 24.3 Å². The van der Waals surface area contributed by atoms with Crippen LogP contribution in [0.5, 0.6) is 5.75 Å². The summed E-state index contributed by atoms with van der Waals surface area (Å²) in [5.74, 6) is -0.969. The Morgan fingerprint density at radius 1 is 1.00 bits per heavy atom. The van der Waals surface area contributed by atoms with Crippen LogP contribution in [0.4, 0.5) is 0 Å². The Morgan fingerprint density at radius 3 is 2.31 bits per heavy atom. The van der Waals surface area contributed by atoms with Crippen molar-refractivity contribution < 1.29 is 33.3 Å². The highest BCUT2D eigenvalue weighted by Crippen LogP contribution is 2.36. The number of ether oxygens (including phenoxy) is 4.